The number of amides is 2. The fourth-order valence-corrected chi connectivity index (χ4v) is 4.08. The lowest BCUT2D eigenvalue weighted by molar-refractivity contribution is 0.251. The molecule has 35 heavy (non-hydrogen) atoms. The van der Waals surface area contributed by atoms with Crippen LogP contribution in [0.25, 0.3) is 28.0 Å². The van der Waals surface area contributed by atoms with Crippen molar-refractivity contribution in [2.45, 2.75) is 13.5 Å². The molecule has 5 aromatic rings. The van der Waals surface area contributed by atoms with Crippen LogP contribution in [0.3, 0.4) is 0 Å². The molecule has 8 heteroatoms. The number of nitrogens with zero attached hydrogens (tertiary/aromatic N) is 2. The molecule has 0 radical (unpaired) electrons. The highest BCUT2D eigenvalue weighted by atomic mass is 35.5. The Labute approximate surface area is 206 Å². The molecule has 0 fully saturated rings. The zero-order valence-corrected chi connectivity index (χ0v) is 19.6. The monoisotopic (exact) mass is 483 g/mol. The van der Waals surface area contributed by atoms with Crippen molar-refractivity contribution in [3.63, 3.8) is 0 Å². The van der Waals surface area contributed by atoms with E-state index in [2.05, 4.69) is 20.7 Å². The summed E-state index contributed by atoms with van der Waals surface area (Å²) in [6, 6.07) is 25.6. The lowest BCUT2D eigenvalue weighted by atomic mass is 10.1. The van der Waals surface area contributed by atoms with E-state index in [0.29, 0.717) is 28.6 Å². The van der Waals surface area contributed by atoms with E-state index in [4.69, 9.17) is 11.6 Å². The highest BCUT2D eigenvalue weighted by molar-refractivity contribution is 6.30. The highest BCUT2D eigenvalue weighted by Crippen LogP contribution is 2.29. The molecule has 0 aliphatic heterocycles. The first-order chi connectivity index (χ1) is 17.0. The predicted molar refractivity (Wildman–Crippen MR) is 139 cm³/mol. The van der Waals surface area contributed by atoms with E-state index in [9.17, 15) is 9.59 Å². The lowest BCUT2D eigenvalue weighted by Gasteiger charge is -2.09. The van der Waals surface area contributed by atoms with E-state index in [1.165, 1.54) is 10.6 Å². The number of H-pyrrole nitrogens is 1. The highest BCUT2D eigenvalue weighted by Gasteiger charge is 2.15. The predicted octanol–water partition coefficient (Wildman–Crippen LogP) is 5.64. The van der Waals surface area contributed by atoms with E-state index in [1.807, 2.05) is 73.7 Å². The molecule has 0 aliphatic rings. The molecule has 2 amide bonds. The van der Waals surface area contributed by atoms with Crippen LogP contribution >= 0.6 is 11.6 Å². The second kappa shape index (κ2) is 9.48. The maximum Gasteiger partial charge on any atom is 0.319 e. The van der Waals surface area contributed by atoms with Crippen molar-refractivity contribution >= 4 is 29.0 Å². The number of hydrogen-bond donors (Lipinski definition) is 3. The molecule has 0 aliphatic carbocycles. The number of anilines is 1. The summed E-state index contributed by atoms with van der Waals surface area (Å²) in [5, 5.41) is 10.7. The number of urea groups is 1. The number of halogens is 1. The molecular formula is C27H22ClN5O2. The van der Waals surface area contributed by atoms with E-state index in [0.717, 1.165) is 27.9 Å². The molecule has 0 saturated heterocycles. The molecular weight excluding hydrogens is 462 g/mol. The number of nitrogens with one attached hydrogen (secondary N) is 3. The third kappa shape index (κ3) is 4.81. The summed E-state index contributed by atoms with van der Waals surface area (Å²) in [5.74, 6) is 0. The molecule has 0 spiro atoms. The standard InChI is InChI=1S/C27H22ClN5O2/c1-17-25(20-7-11-21(28)12-8-20)26-31-23(15-24(34)33(26)32-17)19-9-13-22(14-10-19)30-27(35)29-16-18-5-3-2-4-6-18/h2-15,31H,16H2,1H3,(H2,29,30,35). The Hall–Kier alpha value is -4.36. The quantitative estimate of drug-likeness (QED) is 0.302. The molecule has 0 bridgehead atoms. The minimum absolute atomic E-state index is 0.237. The molecule has 3 N–H and O–H groups in total. The number of benzene rings is 3. The minimum atomic E-state index is -0.293. The van der Waals surface area contributed by atoms with Crippen LogP contribution in [0.15, 0.2) is 89.7 Å². The number of aryl methyl sites for hydroxylation is 1. The van der Waals surface area contributed by atoms with Crippen LogP contribution in [0.5, 0.6) is 0 Å². The summed E-state index contributed by atoms with van der Waals surface area (Å²) in [6.45, 7) is 2.31. The number of rotatable bonds is 5. The van der Waals surface area contributed by atoms with Gasteiger partial charge in [0.05, 0.1) is 11.4 Å². The van der Waals surface area contributed by atoms with Gasteiger partial charge < -0.3 is 15.6 Å². The molecule has 174 valence electrons. The van der Waals surface area contributed by atoms with Crippen LogP contribution in [0, 0.1) is 6.92 Å². The Bertz CT molecular complexity index is 1560. The third-order valence-electron chi connectivity index (χ3n) is 5.67. The van der Waals surface area contributed by atoms with Crippen LogP contribution in [0.2, 0.25) is 5.02 Å². The average molecular weight is 484 g/mol. The Morgan fingerprint density at radius 3 is 2.37 bits per heavy atom. The Morgan fingerprint density at radius 2 is 1.66 bits per heavy atom. The molecule has 2 aromatic heterocycles. The van der Waals surface area contributed by atoms with Crippen molar-refractivity contribution in [1.29, 1.82) is 0 Å². The summed E-state index contributed by atoms with van der Waals surface area (Å²) in [7, 11) is 0. The van der Waals surface area contributed by atoms with Gasteiger partial charge in [0.15, 0.2) is 0 Å². The van der Waals surface area contributed by atoms with Gasteiger partial charge in [0.2, 0.25) is 0 Å². The number of carbonyl (C=O) groups excluding carboxylic acids is 1. The summed E-state index contributed by atoms with van der Waals surface area (Å²) in [5.41, 5.74) is 5.98. The van der Waals surface area contributed by atoms with Crippen LogP contribution in [-0.2, 0) is 6.54 Å². The molecule has 0 atom stereocenters. The molecule has 3 aromatic carbocycles. The fraction of sp³-hybridized carbons (Fsp3) is 0.0741. The van der Waals surface area contributed by atoms with Crippen molar-refractivity contribution in [2.24, 2.45) is 0 Å². The van der Waals surface area contributed by atoms with Crippen molar-refractivity contribution in [2.75, 3.05) is 5.32 Å². The van der Waals surface area contributed by atoms with E-state index >= 15 is 0 Å². The summed E-state index contributed by atoms with van der Waals surface area (Å²) >= 11 is 6.04. The van der Waals surface area contributed by atoms with Gasteiger partial charge in [0.1, 0.15) is 5.65 Å². The minimum Gasteiger partial charge on any atom is -0.339 e. The first kappa shape index (κ1) is 22.4. The molecule has 5 rings (SSSR count). The second-order valence-electron chi connectivity index (χ2n) is 8.12. The van der Waals surface area contributed by atoms with Crippen molar-refractivity contribution in [1.82, 2.24) is 19.9 Å². The number of carbonyl (C=O) groups is 1. The van der Waals surface area contributed by atoms with E-state index in [1.54, 1.807) is 12.1 Å². The number of aromatic amines is 1. The van der Waals surface area contributed by atoms with Gasteiger partial charge in [-0.15, -0.1) is 0 Å². The van der Waals surface area contributed by atoms with E-state index in [-0.39, 0.29) is 11.6 Å². The fourth-order valence-electron chi connectivity index (χ4n) is 3.95. The van der Waals surface area contributed by atoms with Crippen LogP contribution in [0.1, 0.15) is 11.3 Å². The Balaban J connectivity index is 1.38. The second-order valence-corrected chi connectivity index (χ2v) is 8.56. The van der Waals surface area contributed by atoms with Crippen molar-refractivity contribution in [3.05, 3.63) is 112 Å². The largest absolute Gasteiger partial charge is 0.339 e. The van der Waals surface area contributed by atoms with Gasteiger partial charge in [-0.25, -0.2) is 4.79 Å². The normalized spacial score (nSPS) is 10.9. The number of fused-ring (bicyclic) bond motifs is 1. The first-order valence-corrected chi connectivity index (χ1v) is 11.4. The molecule has 0 unspecified atom stereocenters. The first-order valence-electron chi connectivity index (χ1n) is 11.1. The zero-order valence-electron chi connectivity index (χ0n) is 18.9. The smallest absolute Gasteiger partial charge is 0.319 e. The number of hydrogen-bond acceptors (Lipinski definition) is 3. The zero-order chi connectivity index (χ0) is 24.4. The third-order valence-corrected chi connectivity index (χ3v) is 5.92. The topological polar surface area (TPSA) is 91.3 Å². The maximum atomic E-state index is 12.8. The summed E-state index contributed by atoms with van der Waals surface area (Å²) in [6.07, 6.45) is 0. The maximum absolute atomic E-state index is 12.8. The van der Waals surface area contributed by atoms with Crippen molar-refractivity contribution in [3.8, 4) is 22.4 Å². The van der Waals surface area contributed by atoms with Gasteiger partial charge >= 0.3 is 6.03 Å². The van der Waals surface area contributed by atoms with Gasteiger partial charge in [0.25, 0.3) is 5.56 Å². The van der Waals surface area contributed by atoms with Crippen LogP contribution in [0.4, 0.5) is 10.5 Å². The van der Waals surface area contributed by atoms with E-state index < -0.39 is 0 Å². The number of aromatic nitrogens is 3. The van der Waals surface area contributed by atoms with Gasteiger partial charge in [-0.1, -0.05) is 66.2 Å². The van der Waals surface area contributed by atoms with Gasteiger partial charge in [0, 0.05) is 28.9 Å². The van der Waals surface area contributed by atoms with Gasteiger partial charge in [-0.3, -0.25) is 4.79 Å². The molecule has 0 saturated carbocycles. The van der Waals surface area contributed by atoms with Crippen LogP contribution < -0.4 is 16.2 Å². The van der Waals surface area contributed by atoms with Crippen molar-refractivity contribution < 1.29 is 4.79 Å². The summed E-state index contributed by atoms with van der Waals surface area (Å²) in [4.78, 5) is 28.4. The SMILES string of the molecule is Cc1nn2c(=O)cc(-c3ccc(NC(=O)NCc4ccccc4)cc3)[nH]c2c1-c1ccc(Cl)cc1. The average Bonchev–Trinajstić information content (AvgIpc) is 3.21. The lowest BCUT2D eigenvalue weighted by Crippen LogP contribution is -2.28. The Kier molecular flexibility index (Phi) is 6.08. The molecule has 2 heterocycles. The van der Waals surface area contributed by atoms with Gasteiger partial charge in [-0.05, 0) is 47.9 Å². The summed E-state index contributed by atoms with van der Waals surface area (Å²) < 4.78 is 1.37. The Morgan fingerprint density at radius 1 is 0.971 bits per heavy atom. The van der Waals surface area contributed by atoms with Gasteiger partial charge in [-0.2, -0.15) is 9.61 Å². The van der Waals surface area contributed by atoms with Crippen LogP contribution in [-0.4, -0.2) is 20.6 Å². The molecule has 7 nitrogen and oxygen atoms in total.